The topological polar surface area (TPSA) is 96.2 Å². The second-order valence-electron chi connectivity index (χ2n) is 3.56. The van der Waals surface area contributed by atoms with Gasteiger partial charge in [-0.25, -0.2) is 9.59 Å². The molecule has 1 aromatic carbocycles. The molecule has 0 fully saturated rings. The molecule has 0 aliphatic heterocycles. The summed E-state index contributed by atoms with van der Waals surface area (Å²) in [7, 11) is 0. The number of H-pyrrole nitrogens is 1. The van der Waals surface area contributed by atoms with Crippen molar-refractivity contribution in [3.63, 3.8) is 0 Å². The van der Waals surface area contributed by atoms with Gasteiger partial charge in [0.1, 0.15) is 11.3 Å². The third-order valence-electron chi connectivity index (χ3n) is 2.44. The molecule has 0 saturated heterocycles. The van der Waals surface area contributed by atoms with Crippen LogP contribution in [0.15, 0.2) is 33.5 Å². The van der Waals surface area contributed by atoms with Crippen molar-refractivity contribution in [1.82, 2.24) is 10.2 Å². The van der Waals surface area contributed by atoms with Crippen molar-refractivity contribution in [3.8, 4) is 11.3 Å². The van der Waals surface area contributed by atoms with E-state index in [1.165, 1.54) is 6.07 Å². The Kier molecular flexibility index (Phi) is 2.27. The summed E-state index contributed by atoms with van der Waals surface area (Å²) in [5.74, 6) is -1.08. The fourth-order valence-corrected chi connectivity index (χ4v) is 2.46. The number of carboxylic acid groups (broad SMARTS) is 1. The van der Waals surface area contributed by atoms with Crippen LogP contribution >= 0.6 is 11.3 Å². The number of hydrogen-bond donors (Lipinski definition) is 2. The Balaban J connectivity index is 2.24. The monoisotopic (exact) mass is 262 g/mol. The molecule has 0 bridgehead atoms. The molecule has 2 heterocycles. The third kappa shape index (κ3) is 1.61. The summed E-state index contributed by atoms with van der Waals surface area (Å²) in [6.45, 7) is 0. The van der Waals surface area contributed by atoms with Gasteiger partial charge in [0.15, 0.2) is 0 Å². The second kappa shape index (κ2) is 3.81. The zero-order valence-corrected chi connectivity index (χ0v) is 9.65. The molecule has 18 heavy (non-hydrogen) atoms. The zero-order valence-electron chi connectivity index (χ0n) is 8.84. The highest BCUT2D eigenvalue weighted by atomic mass is 32.1. The van der Waals surface area contributed by atoms with Crippen LogP contribution in [0.3, 0.4) is 0 Å². The molecule has 0 aliphatic rings. The predicted molar refractivity (Wildman–Crippen MR) is 64.9 cm³/mol. The Morgan fingerprint density at radius 1 is 1.44 bits per heavy atom. The normalized spacial score (nSPS) is 10.9. The first-order valence-corrected chi connectivity index (χ1v) is 5.78. The van der Waals surface area contributed by atoms with Gasteiger partial charge in [0.2, 0.25) is 0 Å². The van der Waals surface area contributed by atoms with Crippen LogP contribution in [-0.4, -0.2) is 21.3 Å². The van der Waals surface area contributed by atoms with Gasteiger partial charge in [-0.05, 0) is 12.1 Å². The largest absolute Gasteiger partial charge is 0.477 e. The van der Waals surface area contributed by atoms with Crippen molar-refractivity contribution < 1.29 is 14.3 Å². The minimum absolute atomic E-state index is 0.00200. The Morgan fingerprint density at radius 3 is 3.00 bits per heavy atom. The molecule has 6 nitrogen and oxygen atoms in total. The summed E-state index contributed by atoms with van der Waals surface area (Å²) < 4.78 is 5.65. The number of nitrogens with zero attached hydrogens (tertiary/aromatic N) is 1. The molecule has 2 N–H and O–H groups in total. The first-order valence-electron chi connectivity index (χ1n) is 4.97. The fraction of sp³-hybridized carbons (Fsp3) is 0. The maximum Gasteiger partial charge on any atom is 0.396 e. The van der Waals surface area contributed by atoms with Gasteiger partial charge in [-0.3, -0.25) is 5.10 Å². The molecule has 0 saturated carbocycles. The van der Waals surface area contributed by atoms with Gasteiger partial charge in [-0.2, -0.15) is 5.10 Å². The van der Waals surface area contributed by atoms with Crippen molar-refractivity contribution in [1.29, 1.82) is 0 Å². The van der Waals surface area contributed by atoms with E-state index < -0.39 is 10.9 Å². The highest BCUT2D eigenvalue weighted by Crippen LogP contribution is 2.29. The molecule has 3 aromatic rings. The molecule has 0 spiro atoms. The highest BCUT2D eigenvalue weighted by Gasteiger charge is 2.13. The van der Waals surface area contributed by atoms with Crippen LogP contribution in [0.5, 0.6) is 0 Å². The Bertz CT molecular complexity index is 799. The third-order valence-corrected chi connectivity index (χ3v) is 3.32. The minimum Gasteiger partial charge on any atom is -0.477 e. The lowest BCUT2D eigenvalue weighted by Crippen LogP contribution is -1.95. The van der Waals surface area contributed by atoms with Gasteiger partial charge in [0.25, 0.3) is 0 Å². The van der Waals surface area contributed by atoms with Crippen molar-refractivity contribution in [2.75, 3.05) is 0 Å². The van der Waals surface area contributed by atoms with Crippen molar-refractivity contribution in [2.24, 2.45) is 0 Å². The number of nitrogens with one attached hydrogen (secondary N) is 1. The van der Waals surface area contributed by atoms with Crippen LogP contribution < -0.4 is 4.94 Å². The molecule has 3 rings (SSSR count). The van der Waals surface area contributed by atoms with E-state index in [-0.39, 0.29) is 5.69 Å². The average molecular weight is 262 g/mol. The van der Waals surface area contributed by atoms with Crippen molar-refractivity contribution in [2.45, 2.75) is 0 Å². The van der Waals surface area contributed by atoms with E-state index in [4.69, 9.17) is 9.52 Å². The van der Waals surface area contributed by atoms with Crippen LogP contribution in [0.4, 0.5) is 0 Å². The van der Waals surface area contributed by atoms with Crippen molar-refractivity contribution in [3.05, 3.63) is 39.7 Å². The lowest BCUT2D eigenvalue weighted by molar-refractivity contribution is 0.0690. The molecule has 0 radical (unpaired) electrons. The Labute approximate surface area is 103 Å². The quantitative estimate of drug-likeness (QED) is 0.735. The van der Waals surface area contributed by atoms with E-state index in [0.29, 0.717) is 21.5 Å². The number of benzene rings is 1. The standard InChI is InChI=1S/C11H6N2O4S/c14-10(15)7-4-6(12-13-7)5-2-1-3-8-9(5)18-11(16)17-8/h1-4H,(H,12,13)(H,14,15). The number of carbonyl (C=O) groups is 1. The van der Waals surface area contributed by atoms with E-state index in [2.05, 4.69) is 10.2 Å². The first kappa shape index (κ1) is 10.7. The second-order valence-corrected chi connectivity index (χ2v) is 4.50. The maximum atomic E-state index is 11.2. The highest BCUT2D eigenvalue weighted by molar-refractivity contribution is 7.16. The maximum absolute atomic E-state index is 11.2. The van der Waals surface area contributed by atoms with Crippen LogP contribution in [0, 0.1) is 0 Å². The van der Waals surface area contributed by atoms with E-state index in [9.17, 15) is 9.59 Å². The molecule has 0 amide bonds. The summed E-state index contributed by atoms with van der Waals surface area (Å²) >= 11 is 0.968. The smallest absolute Gasteiger partial charge is 0.396 e. The van der Waals surface area contributed by atoms with Crippen LogP contribution in [0.25, 0.3) is 21.5 Å². The van der Waals surface area contributed by atoms with Gasteiger partial charge < -0.3 is 9.52 Å². The van der Waals surface area contributed by atoms with Gasteiger partial charge >= 0.3 is 10.9 Å². The lowest BCUT2D eigenvalue weighted by atomic mass is 10.1. The fourth-order valence-electron chi connectivity index (χ4n) is 1.67. The number of aromatic carboxylic acids is 1. The van der Waals surface area contributed by atoms with Gasteiger partial charge in [0.05, 0.1) is 10.4 Å². The van der Waals surface area contributed by atoms with Crippen molar-refractivity contribution >= 4 is 27.6 Å². The lowest BCUT2D eigenvalue weighted by Gasteiger charge is -1.95. The summed E-state index contributed by atoms with van der Waals surface area (Å²) in [6, 6.07) is 6.58. The molecule has 7 heteroatoms. The summed E-state index contributed by atoms with van der Waals surface area (Å²) in [4.78, 5) is 21.6. The zero-order chi connectivity index (χ0) is 12.7. The number of carboxylic acids is 1. The first-order chi connectivity index (χ1) is 8.65. The molecule has 2 aromatic heterocycles. The summed E-state index contributed by atoms with van der Waals surface area (Å²) in [5.41, 5.74) is 1.61. The molecular weight excluding hydrogens is 256 g/mol. The van der Waals surface area contributed by atoms with E-state index in [1.807, 2.05) is 0 Å². The van der Waals surface area contributed by atoms with Crippen LogP contribution in [-0.2, 0) is 0 Å². The van der Waals surface area contributed by atoms with Gasteiger partial charge in [-0.15, -0.1) is 0 Å². The van der Waals surface area contributed by atoms with Crippen LogP contribution in [0.1, 0.15) is 10.5 Å². The molecule has 0 atom stereocenters. The number of aromatic amines is 1. The molecule has 0 unspecified atom stereocenters. The predicted octanol–water partition coefficient (Wildman–Crippen LogP) is 1.94. The molecule has 0 aliphatic carbocycles. The average Bonchev–Trinajstić information content (AvgIpc) is 2.92. The van der Waals surface area contributed by atoms with E-state index in [1.54, 1.807) is 18.2 Å². The van der Waals surface area contributed by atoms with Crippen LogP contribution in [0.2, 0.25) is 0 Å². The minimum atomic E-state index is -1.08. The number of hydrogen-bond acceptors (Lipinski definition) is 5. The van der Waals surface area contributed by atoms with E-state index >= 15 is 0 Å². The van der Waals surface area contributed by atoms with E-state index in [0.717, 1.165) is 11.3 Å². The number of aromatic nitrogens is 2. The summed E-state index contributed by atoms with van der Waals surface area (Å²) in [6.07, 6.45) is 0. The SMILES string of the molecule is O=C(O)c1cc(-c2cccc3oc(=O)sc23)n[nH]1. The molecule has 90 valence electrons. The van der Waals surface area contributed by atoms with Gasteiger partial charge in [-0.1, -0.05) is 23.5 Å². The Hall–Kier alpha value is -2.41. The number of rotatable bonds is 2. The summed E-state index contributed by atoms with van der Waals surface area (Å²) in [5, 5.41) is 15.2. The molecular formula is C11H6N2O4S. The number of fused-ring (bicyclic) bond motifs is 1. The Morgan fingerprint density at radius 2 is 2.28 bits per heavy atom. The van der Waals surface area contributed by atoms with Gasteiger partial charge in [0, 0.05) is 5.56 Å².